The number of unbranched alkanes of at least 4 members (excludes halogenated alkanes) is 1. The lowest BCUT2D eigenvalue weighted by Gasteiger charge is -2.16. The predicted octanol–water partition coefficient (Wildman–Crippen LogP) is 1.76. The number of nitrogens with two attached hydrogens (primary N) is 2. The van der Waals surface area contributed by atoms with Crippen molar-refractivity contribution in [2.75, 3.05) is 6.61 Å². The van der Waals surface area contributed by atoms with Gasteiger partial charge in [-0.1, -0.05) is 13.3 Å². The third kappa shape index (κ3) is 22.9. The van der Waals surface area contributed by atoms with Crippen molar-refractivity contribution in [3.05, 3.63) is 0 Å². The topological polar surface area (TPSA) is 105 Å². The smallest absolute Gasteiger partial charge is 0.405 e. The van der Waals surface area contributed by atoms with Crippen LogP contribution in [-0.2, 0) is 9.47 Å². The van der Waals surface area contributed by atoms with Gasteiger partial charge in [-0.15, -0.1) is 0 Å². The van der Waals surface area contributed by atoms with Gasteiger partial charge in [-0.05, 0) is 27.2 Å². The lowest BCUT2D eigenvalue weighted by atomic mass is 10.2. The molecule has 0 spiro atoms. The van der Waals surface area contributed by atoms with E-state index in [0.717, 1.165) is 12.8 Å². The fourth-order valence-corrected chi connectivity index (χ4v) is 0.619. The second-order valence-electron chi connectivity index (χ2n) is 4.05. The van der Waals surface area contributed by atoms with E-state index in [1.165, 1.54) is 0 Å². The zero-order chi connectivity index (χ0) is 13.2. The molecule has 0 aliphatic rings. The highest BCUT2D eigenvalue weighted by Crippen LogP contribution is 2.04. The molecule has 2 amide bonds. The Balaban J connectivity index is 0. The predicted molar refractivity (Wildman–Crippen MR) is 60.9 cm³/mol. The van der Waals surface area contributed by atoms with Gasteiger partial charge in [0.1, 0.15) is 5.60 Å². The van der Waals surface area contributed by atoms with Gasteiger partial charge >= 0.3 is 12.2 Å². The van der Waals surface area contributed by atoms with Crippen LogP contribution in [0.1, 0.15) is 40.5 Å². The maximum atomic E-state index is 10.0. The van der Waals surface area contributed by atoms with Crippen LogP contribution in [0.3, 0.4) is 0 Å². The normalized spacial score (nSPS) is 9.75. The minimum Gasteiger partial charge on any atom is -0.450 e. The van der Waals surface area contributed by atoms with Crippen LogP contribution in [0.4, 0.5) is 9.59 Å². The number of primary amides is 2. The fourth-order valence-electron chi connectivity index (χ4n) is 0.619. The third-order valence-electron chi connectivity index (χ3n) is 1.15. The van der Waals surface area contributed by atoms with Gasteiger partial charge in [-0.3, -0.25) is 0 Å². The summed E-state index contributed by atoms with van der Waals surface area (Å²) < 4.78 is 9.00. The minimum absolute atomic E-state index is 0.450. The molecule has 16 heavy (non-hydrogen) atoms. The zero-order valence-electron chi connectivity index (χ0n) is 10.4. The summed E-state index contributed by atoms with van der Waals surface area (Å²) >= 11 is 0. The third-order valence-corrected chi connectivity index (χ3v) is 1.15. The number of hydrogen-bond donors (Lipinski definition) is 2. The van der Waals surface area contributed by atoms with Crippen LogP contribution >= 0.6 is 0 Å². The van der Waals surface area contributed by atoms with Crippen molar-refractivity contribution in [1.29, 1.82) is 0 Å². The summed E-state index contributed by atoms with van der Waals surface area (Å²) in [6.07, 6.45) is 0.506. The summed E-state index contributed by atoms with van der Waals surface area (Å²) in [5, 5.41) is 0. The van der Waals surface area contributed by atoms with E-state index in [4.69, 9.17) is 5.73 Å². The summed E-state index contributed by atoms with van der Waals surface area (Å²) in [6.45, 7) is 7.75. The molecule has 0 bridgehead atoms. The molecule has 0 unspecified atom stereocenters. The second-order valence-corrected chi connectivity index (χ2v) is 4.05. The van der Waals surface area contributed by atoms with Gasteiger partial charge in [0.2, 0.25) is 0 Å². The first-order chi connectivity index (χ1) is 7.19. The van der Waals surface area contributed by atoms with E-state index in [1.54, 1.807) is 20.8 Å². The molecule has 0 saturated carbocycles. The summed E-state index contributed by atoms with van der Waals surface area (Å²) in [4.78, 5) is 19.9. The largest absolute Gasteiger partial charge is 0.450 e. The summed E-state index contributed by atoms with van der Waals surface area (Å²) in [5.41, 5.74) is 8.94. The summed E-state index contributed by atoms with van der Waals surface area (Å²) in [7, 11) is 0. The SMILES string of the molecule is CC(C)(C)OC(N)=O.CCCCOC(N)=O. The Morgan fingerprint density at radius 3 is 1.81 bits per heavy atom. The molecule has 0 aromatic rings. The maximum Gasteiger partial charge on any atom is 0.405 e. The van der Waals surface area contributed by atoms with Gasteiger partial charge in [0, 0.05) is 0 Å². The molecule has 0 radical (unpaired) electrons. The Morgan fingerprint density at radius 1 is 1.12 bits per heavy atom. The molecule has 4 N–H and O–H groups in total. The standard InChI is InChI=1S/2C5H11NO2/c1-5(2,3)8-4(6)7;1-2-3-4-8-5(6)7/h1-3H3,(H2,6,7);2-4H2,1H3,(H2,6,7). The molecule has 0 aromatic heterocycles. The molecular weight excluding hydrogens is 212 g/mol. The lowest BCUT2D eigenvalue weighted by molar-refractivity contribution is 0.0600. The van der Waals surface area contributed by atoms with Crippen molar-refractivity contribution < 1.29 is 19.1 Å². The van der Waals surface area contributed by atoms with Crippen molar-refractivity contribution >= 4 is 12.2 Å². The first-order valence-electron chi connectivity index (χ1n) is 5.09. The van der Waals surface area contributed by atoms with Crippen LogP contribution in [0.15, 0.2) is 0 Å². The van der Waals surface area contributed by atoms with Crippen molar-refractivity contribution in [3.8, 4) is 0 Å². The number of rotatable bonds is 3. The highest BCUT2D eigenvalue weighted by Gasteiger charge is 2.12. The van der Waals surface area contributed by atoms with Crippen molar-refractivity contribution in [2.45, 2.75) is 46.1 Å². The molecule has 0 aliphatic heterocycles. The van der Waals surface area contributed by atoms with Crippen molar-refractivity contribution in [1.82, 2.24) is 0 Å². The highest BCUT2D eigenvalue weighted by atomic mass is 16.6. The number of amides is 2. The van der Waals surface area contributed by atoms with Gasteiger partial charge in [0.15, 0.2) is 0 Å². The second kappa shape index (κ2) is 8.82. The van der Waals surface area contributed by atoms with Gasteiger partial charge in [-0.2, -0.15) is 0 Å². The van der Waals surface area contributed by atoms with Crippen LogP contribution in [-0.4, -0.2) is 24.4 Å². The van der Waals surface area contributed by atoms with E-state index in [1.807, 2.05) is 6.92 Å². The summed E-state index contributed by atoms with van der Waals surface area (Å²) in [6, 6.07) is 0. The lowest BCUT2D eigenvalue weighted by Crippen LogP contribution is -2.27. The highest BCUT2D eigenvalue weighted by molar-refractivity contribution is 5.65. The number of ether oxygens (including phenoxy) is 2. The molecule has 0 rings (SSSR count). The zero-order valence-corrected chi connectivity index (χ0v) is 10.4. The minimum atomic E-state index is -0.725. The Kier molecular flexibility index (Phi) is 9.34. The van der Waals surface area contributed by atoms with Crippen LogP contribution in [0.2, 0.25) is 0 Å². The van der Waals surface area contributed by atoms with E-state index in [0.29, 0.717) is 6.61 Å². The first-order valence-corrected chi connectivity index (χ1v) is 5.09. The van der Waals surface area contributed by atoms with Gasteiger partial charge in [0.25, 0.3) is 0 Å². The number of carbonyl (C=O) groups is 2. The molecular formula is C10H22N2O4. The fraction of sp³-hybridized carbons (Fsp3) is 0.800. The Hall–Kier alpha value is -1.46. The Labute approximate surface area is 96.3 Å². The van der Waals surface area contributed by atoms with Gasteiger partial charge in [0.05, 0.1) is 6.61 Å². The van der Waals surface area contributed by atoms with E-state index in [-0.39, 0.29) is 0 Å². The van der Waals surface area contributed by atoms with E-state index < -0.39 is 17.8 Å². The number of carbonyl (C=O) groups excluding carboxylic acids is 2. The summed E-state index contributed by atoms with van der Waals surface area (Å²) in [5.74, 6) is 0. The molecule has 6 heteroatoms. The molecule has 6 nitrogen and oxygen atoms in total. The molecule has 0 fully saturated rings. The quantitative estimate of drug-likeness (QED) is 0.726. The molecule has 0 atom stereocenters. The maximum absolute atomic E-state index is 10.0. The van der Waals surface area contributed by atoms with Gasteiger partial charge in [-0.25, -0.2) is 9.59 Å². The molecule has 0 heterocycles. The Morgan fingerprint density at radius 2 is 1.62 bits per heavy atom. The van der Waals surface area contributed by atoms with Crippen LogP contribution in [0.5, 0.6) is 0 Å². The Bertz CT molecular complexity index is 211. The number of hydrogen-bond acceptors (Lipinski definition) is 4. The average Bonchev–Trinajstić information content (AvgIpc) is 2.00. The van der Waals surface area contributed by atoms with Crippen LogP contribution in [0, 0.1) is 0 Å². The van der Waals surface area contributed by atoms with Crippen LogP contribution < -0.4 is 11.5 Å². The van der Waals surface area contributed by atoms with Crippen molar-refractivity contribution in [3.63, 3.8) is 0 Å². The first kappa shape index (κ1) is 17.0. The average molecular weight is 234 g/mol. The molecule has 0 aliphatic carbocycles. The van der Waals surface area contributed by atoms with Gasteiger partial charge < -0.3 is 20.9 Å². The molecule has 96 valence electrons. The molecule has 0 aromatic carbocycles. The van der Waals surface area contributed by atoms with E-state index >= 15 is 0 Å². The molecule has 0 saturated heterocycles. The van der Waals surface area contributed by atoms with E-state index in [2.05, 4.69) is 15.2 Å². The monoisotopic (exact) mass is 234 g/mol. The van der Waals surface area contributed by atoms with Crippen LogP contribution in [0.25, 0.3) is 0 Å². The van der Waals surface area contributed by atoms with Crippen molar-refractivity contribution in [2.24, 2.45) is 11.5 Å². The van der Waals surface area contributed by atoms with E-state index in [9.17, 15) is 9.59 Å².